The molecule has 0 bridgehead atoms. The Labute approximate surface area is 404 Å². The van der Waals surface area contributed by atoms with E-state index in [9.17, 15) is 0 Å². The van der Waals surface area contributed by atoms with Crippen molar-refractivity contribution >= 4 is 14.0 Å². The monoisotopic (exact) mass is 913 g/mol. The molecule has 0 radical (unpaired) electrons. The molecule has 0 aromatic heterocycles. The van der Waals surface area contributed by atoms with Crippen molar-refractivity contribution in [1.29, 1.82) is 0 Å². The Bertz CT molecular complexity index is 893. The maximum absolute atomic E-state index is 6.89. The van der Waals surface area contributed by atoms with Crippen molar-refractivity contribution in [2.45, 2.75) is 329 Å². The Morgan fingerprint density at radius 1 is 0.234 bits per heavy atom. The molecule has 0 aliphatic rings. The Morgan fingerprint density at radius 3 is 0.594 bits per heavy atom. The predicted molar refractivity (Wildman–Crippen MR) is 288 cm³/mol. The van der Waals surface area contributed by atoms with Crippen LogP contribution in [0, 0.1) is 0 Å². The highest BCUT2D eigenvalue weighted by atomic mass is 28.4. The summed E-state index contributed by atoms with van der Waals surface area (Å²) in [5.74, 6) is 0. The standard InChI is InChI=1S/C60H116O3Si/c1-4-7-10-13-16-19-22-25-28-31-34-37-40-43-46-52-57-61-64(60-55-50-49-51-56-60,62-58-53-47-44-41-38-35-32-29-26-23-20-17-14-11-8-5-2)63-59-54-48-45-42-39-36-33-30-27-24-21-18-15-12-9-6-3/h49-51,55-56H,4-48,52-54,57-59H2,1-3H3. The van der Waals surface area contributed by atoms with E-state index in [2.05, 4.69) is 51.1 Å². The van der Waals surface area contributed by atoms with Crippen molar-refractivity contribution in [2.24, 2.45) is 0 Å². The van der Waals surface area contributed by atoms with Crippen LogP contribution >= 0.6 is 0 Å². The van der Waals surface area contributed by atoms with Crippen molar-refractivity contribution in [2.75, 3.05) is 19.8 Å². The highest BCUT2D eigenvalue weighted by molar-refractivity contribution is 6.75. The molecule has 0 N–H and O–H groups in total. The number of rotatable bonds is 55. The summed E-state index contributed by atoms with van der Waals surface area (Å²) in [6, 6.07) is 10.8. The normalized spacial score (nSPS) is 11.9. The lowest BCUT2D eigenvalue weighted by molar-refractivity contribution is 0.0688. The third-order valence-corrected chi connectivity index (χ3v) is 16.8. The minimum absolute atomic E-state index is 0.747. The first-order chi connectivity index (χ1) is 31.8. The van der Waals surface area contributed by atoms with Crippen LogP contribution in [0.4, 0.5) is 0 Å². The Kier molecular flexibility index (Phi) is 49.5. The fourth-order valence-corrected chi connectivity index (χ4v) is 12.2. The van der Waals surface area contributed by atoms with Gasteiger partial charge in [-0.25, -0.2) is 0 Å². The van der Waals surface area contributed by atoms with Gasteiger partial charge < -0.3 is 13.3 Å². The van der Waals surface area contributed by atoms with E-state index < -0.39 is 8.80 Å². The molecule has 0 fully saturated rings. The van der Waals surface area contributed by atoms with Gasteiger partial charge in [-0.15, -0.1) is 0 Å². The summed E-state index contributed by atoms with van der Waals surface area (Å²) in [6.45, 7) is 9.17. The SMILES string of the molecule is CCCCCCCCCCCCCCCCCCO[Si](OCCCCCCCCCCCCCCCCCC)(OCCCCCCCCCCCCCCCCCC)c1ccccc1. The summed E-state index contributed by atoms with van der Waals surface area (Å²) in [5, 5.41) is 1.15. The molecule has 0 amide bonds. The van der Waals surface area contributed by atoms with Crippen LogP contribution in [0.2, 0.25) is 0 Å². The Hall–Kier alpha value is -0.683. The van der Waals surface area contributed by atoms with Gasteiger partial charge in [0.25, 0.3) is 0 Å². The van der Waals surface area contributed by atoms with Gasteiger partial charge in [0.15, 0.2) is 0 Å². The lowest BCUT2D eigenvalue weighted by Gasteiger charge is -2.30. The lowest BCUT2D eigenvalue weighted by atomic mass is 10.0. The maximum atomic E-state index is 6.89. The molecule has 1 aromatic rings. The van der Waals surface area contributed by atoms with Gasteiger partial charge >= 0.3 is 8.80 Å². The molecule has 0 unspecified atom stereocenters. The molecule has 0 aliphatic carbocycles. The minimum atomic E-state index is -3.00. The molecular formula is C60H116O3Si. The van der Waals surface area contributed by atoms with Gasteiger partial charge in [-0.05, 0) is 19.3 Å². The van der Waals surface area contributed by atoms with Crippen LogP contribution in [0.5, 0.6) is 0 Å². The van der Waals surface area contributed by atoms with E-state index in [-0.39, 0.29) is 0 Å². The fourth-order valence-electron chi connectivity index (χ4n) is 9.59. The molecular weight excluding hydrogens is 797 g/mol. The first-order valence-electron chi connectivity index (χ1n) is 29.8. The molecule has 4 heteroatoms. The van der Waals surface area contributed by atoms with Gasteiger partial charge in [-0.2, -0.15) is 0 Å². The summed E-state index contributed by atoms with van der Waals surface area (Å²) in [5.41, 5.74) is 0. The van der Waals surface area contributed by atoms with Gasteiger partial charge in [-0.1, -0.05) is 340 Å². The average molecular weight is 914 g/mol. The van der Waals surface area contributed by atoms with E-state index in [0.717, 1.165) is 44.3 Å². The van der Waals surface area contributed by atoms with E-state index in [1.807, 2.05) is 0 Å². The molecule has 1 rings (SSSR count). The van der Waals surface area contributed by atoms with Gasteiger partial charge in [0, 0.05) is 25.0 Å². The number of hydrogen-bond acceptors (Lipinski definition) is 3. The maximum Gasteiger partial charge on any atom is 0.537 e. The van der Waals surface area contributed by atoms with Gasteiger partial charge in [-0.3, -0.25) is 0 Å². The predicted octanol–water partition coefficient (Wildman–Crippen LogP) is 20.7. The van der Waals surface area contributed by atoms with Crippen molar-refractivity contribution < 1.29 is 13.3 Å². The third kappa shape index (κ3) is 41.5. The first kappa shape index (κ1) is 61.3. The van der Waals surface area contributed by atoms with Crippen LogP contribution in [0.25, 0.3) is 0 Å². The quantitative estimate of drug-likeness (QED) is 0.0481. The van der Waals surface area contributed by atoms with Crippen LogP contribution in [-0.4, -0.2) is 28.6 Å². The highest BCUT2D eigenvalue weighted by Crippen LogP contribution is 2.20. The second kappa shape index (κ2) is 51.7. The highest BCUT2D eigenvalue weighted by Gasteiger charge is 2.43. The van der Waals surface area contributed by atoms with Crippen LogP contribution < -0.4 is 5.19 Å². The van der Waals surface area contributed by atoms with Crippen LogP contribution in [-0.2, 0) is 13.3 Å². The molecule has 1 aromatic carbocycles. The fraction of sp³-hybridized carbons (Fsp3) is 0.900. The van der Waals surface area contributed by atoms with Crippen LogP contribution in [0.3, 0.4) is 0 Å². The summed E-state index contributed by atoms with van der Waals surface area (Å²) in [6.07, 6.45) is 66.6. The second-order valence-corrected chi connectivity index (χ2v) is 22.9. The zero-order chi connectivity index (χ0) is 45.8. The third-order valence-electron chi connectivity index (χ3n) is 14.0. The Morgan fingerprint density at radius 2 is 0.406 bits per heavy atom. The lowest BCUT2D eigenvalue weighted by Crippen LogP contribution is -2.57. The van der Waals surface area contributed by atoms with E-state index in [4.69, 9.17) is 13.3 Å². The molecule has 0 saturated carbocycles. The number of benzene rings is 1. The molecule has 378 valence electrons. The zero-order valence-corrected chi connectivity index (χ0v) is 45.2. The molecule has 0 spiro atoms. The van der Waals surface area contributed by atoms with Crippen molar-refractivity contribution in [3.8, 4) is 0 Å². The van der Waals surface area contributed by atoms with Gasteiger partial charge in [0.05, 0.1) is 0 Å². The first-order valence-corrected chi connectivity index (χ1v) is 31.5. The van der Waals surface area contributed by atoms with Crippen LogP contribution in [0.15, 0.2) is 30.3 Å². The van der Waals surface area contributed by atoms with Crippen molar-refractivity contribution in [3.05, 3.63) is 30.3 Å². The van der Waals surface area contributed by atoms with E-state index >= 15 is 0 Å². The second-order valence-electron chi connectivity index (χ2n) is 20.4. The largest absolute Gasteiger partial charge is 0.537 e. The van der Waals surface area contributed by atoms with Crippen molar-refractivity contribution in [1.82, 2.24) is 0 Å². The van der Waals surface area contributed by atoms with E-state index in [1.165, 1.54) is 289 Å². The van der Waals surface area contributed by atoms with E-state index in [0.29, 0.717) is 0 Å². The molecule has 64 heavy (non-hydrogen) atoms. The minimum Gasteiger partial charge on any atom is -0.370 e. The van der Waals surface area contributed by atoms with Crippen LogP contribution in [0.1, 0.15) is 329 Å². The number of unbranched alkanes of at least 4 members (excludes halogenated alkanes) is 45. The summed E-state index contributed by atoms with van der Waals surface area (Å²) in [4.78, 5) is 0. The van der Waals surface area contributed by atoms with Gasteiger partial charge in [0.2, 0.25) is 0 Å². The smallest absolute Gasteiger partial charge is 0.370 e. The summed E-state index contributed by atoms with van der Waals surface area (Å²) < 4.78 is 20.7. The molecule has 0 heterocycles. The summed E-state index contributed by atoms with van der Waals surface area (Å²) in [7, 11) is -3.00. The van der Waals surface area contributed by atoms with E-state index in [1.54, 1.807) is 0 Å². The summed E-state index contributed by atoms with van der Waals surface area (Å²) >= 11 is 0. The molecule has 3 nitrogen and oxygen atoms in total. The topological polar surface area (TPSA) is 27.7 Å². The Balaban J connectivity index is 2.41. The average Bonchev–Trinajstić information content (AvgIpc) is 3.32. The molecule has 0 aliphatic heterocycles. The zero-order valence-electron chi connectivity index (χ0n) is 44.2. The number of hydrogen-bond donors (Lipinski definition) is 0. The van der Waals surface area contributed by atoms with Crippen molar-refractivity contribution in [3.63, 3.8) is 0 Å². The molecule has 0 atom stereocenters. The molecule has 0 saturated heterocycles. The van der Waals surface area contributed by atoms with Gasteiger partial charge in [0.1, 0.15) is 0 Å².